The molecule has 2 aromatic rings. The van der Waals surface area contributed by atoms with Gasteiger partial charge in [0, 0.05) is 17.2 Å². The molecular weight excluding hydrogens is 276 g/mol. The number of nitrogen functional groups attached to an aromatic ring is 1. The normalized spacial score (nSPS) is 21.0. The molecule has 2 atom stereocenters. The van der Waals surface area contributed by atoms with E-state index >= 15 is 0 Å². The van der Waals surface area contributed by atoms with Crippen molar-refractivity contribution < 1.29 is 5.21 Å². The molecule has 0 spiro atoms. The first-order valence-corrected chi connectivity index (χ1v) is 7.60. The Labute approximate surface area is 129 Å². The molecule has 3 rings (SSSR count). The fraction of sp³-hybridized carbons (Fsp3) is 0.353. The summed E-state index contributed by atoms with van der Waals surface area (Å²) in [5, 5.41) is 12.3. The third-order valence-corrected chi connectivity index (χ3v) is 4.32. The zero-order valence-electron chi connectivity index (χ0n) is 12.6. The molecule has 0 fully saturated rings. The molecule has 2 unspecified atom stereocenters. The number of nitrogens with two attached hydrogens (primary N) is 1. The number of hydrogen-bond acceptors (Lipinski definition) is 5. The SMILES string of the molecule is CCc1nc(N)nc2c1C(C=NO)CC(c1ccccc1)C2. The highest BCUT2D eigenvalue weighted by Crippen LogP contribution is 2.39. The van der Waals surface area contributed by atoms with Crippen LogP contribution in [0, 0.1) is 0 Å². The maximum Gasteiger partial charge on any atom is 0.220 e. The van der Waals surface area contributed by atoms with Gasteiger partial charge in [-0.2, -0.15) is 0 Å². The molecule has 1 aromatic heterocycles. The minimum Gasteiger partial charge on any atom is -0.411 e. The average Bonchev–Trinajstić information content (AvgIpc) is 2.54. The Morgan fingerprint density at radius 2 is 2.09 bits per heavy atom. The molecule has 1 aliphatic carbocycles. The first kappa shape index (κ1) is 14.5. The van der Waals surface area contributed by atoms with Gasteiger partial charge in [0.1, 0.15) is 0 Å². The Kier molecular flexibility index (Phi) is 4.04. The van der Waals surface area contributed by atoms with Crippen molar-refractivity contribution in [3.63, 3.8) is 0 Å². The topological polar surface area (TPSA) is 84.4 Å². The highest BCUT2D eigenvalue weighted by Gasteiger charge is 2.31. The molecule has 0 aliphatic heterocycles. The van der Waals surface area contributed by atoms with Gasteiger partial charge in [-0.3, -0.25) is 0 Å². The fourth-order valence-corrected chi connectivity index (χ4v) is 3.38. The molecule has 0 radical (unpaired) electrons. The maximum atomic E-state index is 9.02. The molecule has 5 heteroatoms. The number of aromatic nitrogens is 2. The van der Waals surface area contributed by atoms with Gasteiger partial charge in [-0.1, -0.05) is 37.3 Å². The molecule has 0 saturated heterocycles. The van der Waals surface area contributed by atoms with E-state index in [9.17, 15) is 0 Å². The molecule has 0 saturated carbocycles. The van der Waals surface area contributed by atoms with Crippen LogP contribution in [0.2, 0.25) is 0 Å². The van der Waals surface area contributed by atoms with E-state index in [4.69, 9.17) is 10.9 Å². The van der Waals surface area contributed by atoms with Crippen LogP contribution in [0.25, 0.3) is 0 Å². The predicted molar refractivity (Wildman–Crippen MR) is 86.3 cm³/mol. The average molecular weight is 296 g/mol. The van der Waals surface area contributed by atoms with Gasteiger partial charge in [-0.05, 0) is 30.7 Å². The first-order valence-electron chi connectivity index (χ1n) is 7.60. The summed E-state index contributed by atoms with van der Waals surface area (Å²) in [6.07, 6.45) is 4.11. The van der Waals surface area contributed by atoms with Gasteiger partial charge < -0.3 is 10.9 Å². The van der Waals surface area contributed by atoms with E-state index in [2.05, 4.69) is 34.2 Å². The van der Waals surface area contributed by atoms with Crippen LogP contribution in [0.4, 0.5) is 5.95 Å². The van der Waals surface area contributed by atoms with Crippen molar-refractivity contribution in [3.05, 3.63) is 52.8 Å². The van der Waals surface area contributed by atoms with Gasteiger partial charge in [0.2, 0.25) is 5.95 Å². The van der Waals surface area contributed by atoms with E-state index in [1.54, 1.807) is 6.21 Å². The smallest absolute Gasteiger partial charge is 0.220 e. The predicted octanol–water partition coefficient (Wildman–Crippen LogP) is 2.89. The molecule has 5 nitrogen and oxygen atoms in total. The van der Waals surface area contributed by atoms with Crippen LogP contribution >= 0.6 is 0 Å². The van der Waals surface area contributed by atoms with Crippen molar-refractivity contribution in [2.24, 2.45) is 5.16 Å². The molecule has 114 valence electrons. The van der Waals surface area contributed by atoms with Crippen molar-refractivity contribution >= 4 is 12.2 Å². The maximum absolute atomic E-state index is 9.02. The number of aryl methyl sites for hydroxylation is 1. The minimum atomic E-state index is 0.0227. The zero-order valence-corrected chi connectivity index (χ0v) is 12.6. The van der Waals surface area contributed by atoms with Crippen molar-refractivity contribution in [3.8, 4) is 0 Å². The highest BCUT2D eigenvalue weighted by molar-refractivity contribution is 5.69. The molecular formula is C17H20N4O. The summed E-state index contributed by atoms with van der Waals surface area (Å²) in [6, 6.07) is 10.4. The van der Waals surface area contributed by atoms with Crippen LogP contribution < -0.4 is 5.73 Å². The summed E-state index contributed by atoms with van der Waals surface area (Å²) in [5.41, 5.74) is 10.2. The summed E-state index contributed by atoms with van der Waals surface area (Å²) in [7, 11) is 0. The first-order chi connectivity index (χ1) is 10.7. The van der Waals surface area contributed by atoms with Gasteiger partial charge in [-0.25, -0.2) is 9.97 Å². The van der Waals surface area contributed by atoms with Crippen LogP contribution in [0.5, 0.6) is 0 Å². The number of benzene rings is 1. The quantitative estimate of drug-likeness (QED) is 0.518. The minimum absolute atomic E-state index is 0.0227. The largest absolute Gasteiger partial charge is 0.411 e. The van der Waals surface area contributed by atoms with Gasteiger partial charge in [-0.15, -0.1) is 5.16 Å². The third kappa shape index (κ3) is 2.66. The van der Waals surface area contributed by atoms with E-state index in [-0.39, 0.29) is 5.92 Å². The van der Waals surface area contributed by atoms with E-state index in [0.29, 0.717) is 11.9 Å². The van der Waals surface area contributed by atoms with Crippen LogP contribution in [-0.4, -0.2) is 21.4 Å². The molecule has 22 heavy (non-hydrogen) atoms. The van der Waals surface area contributed by atoms with E-state index in [0.717, 1.165) is 36.2 Å². The number of anilines is 1. The van der Waals surface area contributed by atoms with Crippen molar-refractivity contribution in [1.29, 1.82) is 0 Å². The van der Waals surface area contributed by atoms with Crippen LogP contribution in [0.3, 0.4) is 0 Å². The van der Waals surface area contributed by atoms with E-state index < -0.39 is 0 Å². The monoisotopic (exact) mass is 296 g/mol. The Morgan fingerprint density at radius 3 is 2.77 bits per heavy atom. The Hall–Kier alpha value is -2.43. The summed E-state index contributed by atoms with van der Waals surface area (Å²) in [4.78, 5) is 8.81. The number of rotatable bonds is 3. The lowest BCUT2D eigenvalue weighted by atomic mass is 9.76. The van der Waals surface area contributed by atoms with Crippen LogP contribution in [0.15, 0.2) is 35.5 Å². The Balaban J connectivity index is 2.06. The number of nitrogens with zero attached hydrogens (tertiary/aromatic N) is 3. The van der Waals surface area contributed by atoms with Gasteiger partial charge >= 0.3 is 0 Å². The summed E-state index contributed by atoms with van der Waals surface area (Å²) >= 11 is 0. The molecule has 3 N–H and O–H groups in total. The standard InChI is InChI=1S/C17H20N4O/c1-2-14-16-13(10-19-22)8-12(11-6-4-3-5-7-11)9-15(16)21-17(18)20-14/h3-7,10,12-13,22H,2,8-9H2,1H3,(H2,18,20,21). The second-order valence-electron chi connectivity index (χ2n) is 5.66. The molecule has 1 aliphatic rings. The van der Waals surface area contributed by atoms with E-state index in [1.165, 1.54) is 5.56 Å². The van der Waals surface area contributed by atoms with Gasteiger partial charge in [0.05, 0.1) is 11.9 Å². The van der Waals surface area contributed by atoms with Crippen molar-refractivity contribution in [2.45, 2.75) is 38.0 Å². The molecule has 1 aromatic carbocycles. The van der Waals surface area contributed by atoms with Crippen LogP contribution in [-0.2, 0) is 12.8 Å². The van der Waals surface area contributed by atoms with Crippen molar-refractivity contribution in [2.75, 3.05) is 5.73 Å². The number of oxime groups is 1. The number of hydrogen-bond donors (Lipinski definition) is 2. The summed E-state index contributed by atoms with van der Waals surface area (Å²) < 4.78 is 0. The summed E-state index contributed by atoms with van der Waals surface area (Å²) in [6.45, 7) is 2.05. The van der Waals surface area contributed by atoms with Gasteiger partial charge in [0.15, 0.2) is 0 Å². The lowest BCUT2D eigenvalue weighted by Crippen LogP contribution is -2.23. The van der Waals surface area contributed by atoms with Crippen LogP contribution in [0.1, 0.15) is 47.7 Å². The Bertz CT molecular complexity index is 685. The third-order valence-electron chi connectivity index (χ3n) is 4.32. The lowest BCUT2D eigenvalue weighted by molar-refractivity contribution is 0.318. The highest BCUT2D eigenvalue weighted by atomic mass is 16.4. The second kappa shape index (κ2) is 6.13. The molecule has 0 bridgehead atoms. The lowest BCUT2D eigenvalue weighted by Gasteiger charge is -2.30. The van der Waals surface area contributed by atoms with E-state index in [1.807, 2.05) is 18.2 Å². The second-order valence-corrected chi connectivity index (χ2v) is 5.66. The van der Waals surface area contributed by atoms with Gasteiger partial charge in [0.25, 0.3) is 0 Å². The summed E-state index contributed by atoms with van der Waals surface area (Å²) in [5.74, 6) is 0.689. The fourth-order valence-electron chi connectivity index (χ4n) is 3.38. The Morgan fingerprint density at radius 1 is 1.32 bits per heavy atom. The zero-order chi connectivity index (χ0) is 15.5. The number of fused-ring (bicyclic) bond motifs is 1. The molecule has 1 heterocycles. The molecule has 0 amide bonds. The van der Waals surface area contributed by atoms with Crippen molar-refractivity contribution in [1.82, 2.24) is 9.97 Å².